The van der Waals surface area contributed by atoms with Crippen LogP contribution in [0.1, 0.15) is 78.2 Å². The predicted octanol–water partition coefficient (Wildman–Crippen LogP) is 8.11. The van der Waals surface area contributed by atoms with Gasteiger partial charge in [0.2, 0.25) is 0 Å². The van der Waals surface area contributed by atoms with Gasteiger partial charge in [0, 0.05) is 13.2 Å². The SMILES string of the molecule is COc1ccc(COCCC/C=C(\C)CC[C@H](O)CC(CCCO[Si](C)(C)C(C)(C)C)S(=O)(=O)c2ccccc2)cc1. The molecule has 6 nitrogen and oxygen atoms in total. The van der Waals surface area contributed by atoms with Crippen molar-refractivity contribution in [3.05, 3.63) is 71.8 Å². The quantitative estimate of drug-likeness (QED) is 0.0973. The van der Waals surface area contributed by atoms with Gasteiger partial charge in [-0.05, 0) is 99.8 Å². The fourth-order valence-electron chi connectivity index (χ4n) is 4.42. The largest absolute Gasteiger partial charge is 0.497 e. The summed E-state index contributed by atoms with van der Waals surface area (Å²) in [5.41, 5.74) is 2.32. The summed E-state index contributed by atoms with van der Waals surface area (Å²) in [4.78, 5) is 0.317. The van der Waals surface area contributed by atoms with E-state index in [1.165, 1.54) is 5.57 Å². The number of ether oxygens (including phenoxy) is 2. The second kappa shape index (κ2) is 17.4. The summed E-state index contributed by atoms with van der Waals surface area (Å²) in [6.45, 7) is 14.9. The van der Waals surface area contributed by atoms with Gasteiger partial charge in [-0.1, -0.05) is 62.8 Å². The topological polar surface area (TPSA) is 82.1 Å². The van der Waals surface area contributed by atoms with Crippen LogP contribution in [0, 0.1) is 0 Å². The second-order valence-electron chi connectivity index (χ2n) is 12.8. The maximum absolute atomic E-state index is 13.5. The Bertz CT molecular complexity index is 1170. The maximum Gasteiger partial charge on any atom is 0.191 e. The molecule has 2 atom stereocenters. The van der Waals surface area contributed by atoms with Crippen molar-refractivity contribution in [2.24, 2.45) is 0 Å². The molecule has 42 heavy (non-hydrogen) atoms. The number of allylic oxidation sites excluding steroid dienone is 2. The molecule has 2 rings (SSSR count). The zero-order valence-corrected chi connectivity index (χ0v) is 28.7. The van der Waals surface area contributed by atoms with Crippen molar-refractivity contribution in [1.82, 2.24) is 0 Å². The second-order valence-corrected chi connectivity index (χ2v) is 19.8. The third kappa shape index (κ3) is 12.3. The molecule has 8 heteroatoms. The molecule has 1 N–H and O–H groups in total. The van der Waals surface area contributed by atoms with Crippen molar-refractivity contribution in [2.45, 2.75) is 114 Å². The Kier molecular flexibility index (Phi) is 15.0. The fourth-order valence-corrected chi connectivity index (χ4v) is 7.38. The van der Waals surface area contributed by atoms with Gasteiger partial charge < -0.3 is 19.0 Å². The van der Waals surface area contributed by atoms with Crippen molar-refractivity contribution in [2.75, 3.05) is 20.3 Å². The Morgan fingerprint density at radius 3 is 2.26 bits per heavy atom. The normalized spacial score (nSPS) is 14.5. The van der Waals surface area contributed by atoms with E-state index in [1.807, 2.05) is 30.3 Å². The van der Waals surface area contributed by atoms with E-state index in [9.17, 15) is 13.5 Å². The fraction of sp³-hybridized carbons (Fsp3) is 0.588. The molecule has 2 aromatic rings. The lowest BCUT2D eigenvalue weighted by molar-refractivity contribution is 0.119. The number of benzene rings is 2. The first-order valence-corrected chi connectivity index (χ1v) is 19.7. The average Bonchev–Trinajstić information content (AvgIpc) is 2.95. The summed E-state index contributed by atoms with van der Waals surface area (Å²) in [6.07, 6.45) is 5.95. The minimum absolute atomic E-state index is 0.106. The number of aliphatic hydroxyl groups is 1. The first-order chi connectivity index (χ1) is 19.8. The summed E-state index contributed by atoms with van der Waals surface area (Å²) in [6, 6.07) is 16.5. The molecule has 0 heterocycles. The summed E-state index contributed by atoms with van der Waals surface area (Å²) in [5, 5.41) is 10.4. The lowest BCUT2D eigenvalue weighted by Crippen LogP contribution is -2.41. The summed E-state index contributed by atoms with van der Waals surface area (Å²) < 4.78 is 44.3. The van der Waals surface area contributed by atoms with Crippen LogP contribution in [-0.4, -0.2) is 53.5 Å². The summed E-state index contributed by atoms with van der Waals surface area (Å²) >= 11 is 0. The van der Waals surface area contributed by atoms with Crippen LogP contribution in [0.4, 0.5) is 0 Å². The molecule has 0 saturated carbocycles. The van der Waals surface area contributed by atoms with Crippen molar-refractivity contribution in [1.29, 1.82) is 0 Å². The lowest BCUT2D eigenvalue weighted by Gasteiger charge is -2.36. The van der Waals surface area contributed by atoms with E-state index >= 15 is 0 Å². The highest BCUT2D eigenvalue weighted by molar-refractivity contribution is 7.92. The number of aliphatic hydroxyl groups excluding tert-OH is 1. The van der Waals surface area contributed by atoms with Crippen LogP contribution in [0.5, 0.6) is 5.75 Å². The van der Waals surface area contributed by atoms with Crippen molar-refractivity contribution in [3.8, 4) is 5.75 Å². The zero-order valence-electron chi connectivity index (χ0n) is 26.9. The Morgan fingerprint density at radius 2 is 1.64 bits per heavy atom. The molecule has 0 amide bonds. The van der Waals surface area contributed by atoms with E-state index in [0.717, 1.165) is 30.6 Å². The number of methoxy groups -OCH3 is 1. The predicted molar refractivity (Wildman–Crippen MR) is 175 cm³/mol. The molecule has 0 saturated heterocycles. The Morgan fingerprint density at radius 1 is 0.976 bits per heavy atom. The highest BCUT2D eigenvalue weighted by atomic mass is 32.2. The van der Waals surface area contributed by atoms with E-state index in [4.69, 9.17) is 13.9 Å². The van der Waals surface area contributed by atoms with Crippen LogP contribution in [0.3, 0.4) is 0 Å². The molecule has 0 aliphatic rings. The molecule has 0 aliphatic heterocycles. The van der Waals surface area contributed by atoms with Gasteiger partial charge in [-0.25, -0.2) is 8.42 Å². The molecular weight excluding hydrogens is 565 g/mol. The van der Waals surface area contributed by atoms with Crippen LogP contribution in [-0.2, 0) is 25.6 Å². The van der Waals surface area contributed by atoms with Crippen LogP contribution in [0.25, 0.3) is 0 Å². The van der Waals surface area contributed by atoms with Gasteiger partial charge in [-0.3, -0.25) is 0 Å². The van der Waals surface area contributed by atoms with Crippen LogP contribution >= 0.6 is 0 Å². The van der Waals surface area contributed by atoms with E-state index in [1.54, 1.807) is 31.4 Å². The summed E-state index contributed by atoms with van der Waals surface area (Å²) in [5.74, 6) is 0.838. The highest BCUT2D eigenvalue weighted by Gasteiger charge is 2.37. The highest BCUT2D eigenvalue weighted by Crippen LogP contribution is 2.36. The van der Waals surface area contributed by atoms with Crippen molar-refractivity contribution in [3.63, 3.8) is 0 Å². The number of hydrogen-bond acceptors (Lipinski definition) is 6. The van der Waals surface area contributed by atoms with E-state index in [0.29, 0.717) is 44.0 Å². The molecule has 236 valence electrons. The van der Waals surface area contributed by atoms with Gasteiger partial charge in [0.1, 0.15) is 5.75 Å². The van der Waals surface area contributed by atoms with Gasteiger partial charge in [0.25, 0.3) is 0 Å². The number of rotatable bonds is 19. The molecule has 0 radical (unpaired) electrons. The maximum atomic E-state index is 13.5. The molecule has 2 aromatic carbocycles. The minimum Gasteiger partial charge on any atom is -0.497 e. The molecule has 0 fully saturated rings. The van der Waals surface area contributed by atoms with Gasteiger partial charge in [-0.2, -0.15) is 0 Å². The smallest absolute Gasteiger partial charge is 0.191 e. The Hall–Kier alpha value is -1.97. The lowest BCUT2D eigenvalue weighted by atomic mass is 10.0. The van der Waals surface area contributed by atoms with Crippen LogP contribution in [0.15, 0.2) is 71.1 Å². The monoisotopic (exact) mass is 618 g/mol. The number of sulfone groups is 1. The molecular formula is C34H54O6SSi. The first-order valence-electron chi connectivity index (χ1n) is 15.2. The third-order valence-electron chi connectivity index (χ3n) is 8.27. The molecule has 0 aromatic heterocycles. The minimum atomic E-state index is -3.56. The molecule has 0 aliphatic carbocycles. The molecule has 0 spiro atoms. The van der Waals surface area contributed by atoms with E-state index in [2.05, 4.69) is 46.9 Å². The zero-order chi connectivity index (χ0) is 31.2. The Balaban J connectivity index is 1.83. The molecule has 1 unspecified atom stereocenters. The van der Waals surface area contributed by atoms with Gasteiger partial charge in [0.15, 0.2) is 18.2 Å². The van der Waals surface area contributed by atoms with Gasteiger partial charge in [-0.15, -0.1) is 0 Å². The van der Waals surface area contributed by atoms with Crippen LogP contribution < -0.4 is 4.74 Å². The van der Waals surface area contributed by atoms with E-state index in [-0.39, 0.29) is 11.5 Å². The van der Waals surface area contributed by atoms with Gasteiger partial charge in [0.05, 0.1) is 30.0 Å². The standard InChI is InChI=1S/C34H54O6SSi/c1-28(14-11-12-24-39-27-29-19-22-31(38-5)23-20-29)18-21-30(35)26-33(41(36,37)32-15-9-8-10-16-32)17-13-25-40-42(6,7)34(2,3)4/h8-10,14-16,19-20,22-23,30,33,35H,11-13,17-18,21,24-27H2,1-7H3/b28-14+/t30-,33?/m0/s1. The van der Waals surface area contributed by atoms with Crippen molar-refractivity contribution < 1.29 is 27.4 Å². The molecule has 0 bridgehead atoms. The van der Waals surface area contributed by atoms with Gasteiger partial charge >= 0.3 is 0 Å². The number of hydrogen-bond donors (Lipinski definition) is 1. The van der Waals surface area contributed by atoms with Crippen LogP contribution in [0.2, 0.25) is 18.1 Å². The average molecular weight is 619 g/mol. The third-order valence-corrected chi connectivity index (χ3v) is 15.0. The van der Waals surface area contributed by atoms with E-state index < -0.39 is 29.5 Å². The first kappa shape index (κ1) is 36.2. The summed E-state index contributed by atoms with van der Waals surface area (Å²) in [7, 11) is -3.81. The Labute approximate surface area is 256 Å². The number of unbranched alkanes of at least 4 members (excludes halogenated alkanes) is 1. The van der Waals surface area contributed by atoms with Crippen molar-refractivity contribution >= 4 is 18.2 Å².